The number of aryl methyl sites for hydroxylation is 2. The number of furan rings is 1. The van der Waals surface area contributed by atoms with E-state index < -0.39 is 0 Å². The number of benzene rings is 1. The summed E-state index contributed by atoms with van der Waals surface area (Å²) in [6, 6.07) is 9.63. The van der Waals surface area contributed by atoms with Crippen molar-refractivity contribution in [2.75, 3.05) is 36.4 Å². The second-order valence-electron chi connectivity index (χ2n) is 6.98. The summed E-state index contributed by atoms with van der Waals surface area (Å²) >= 11 is 0. The molecule has 4 rings (SSSR count). The van der Waals surface area contributed by atoms with Gasteiger partial charge in [-0.3, -0.25) is 4.79 Å². The van der Waals surface area contributed by atoms with Gasteiger partial charge in [-0.1, -0.05) is 25.1 Å². The molecule has 0 atom stereocenters. The minimum Gasteiger partial charge on any atom is -0.459 e. The SMILES string of the molecule is CCc1cccc(C)c1Nc1nncc(N2CCN(C(=O)c3ccco3)CC2)n1. The van der Waals surface area contributed by atoms with E-state index >= 15 is 0 Å². The first-order chi connectivity index (χ1) is 14.2. The Morgan fingerprint density at radius 1 is 1.17 bits per heavy atom. The molecule has 0 aliphatic carbocycles. The molecule has 1 saturated heterocycles. The Kier molecular flexibility index (Phi) is 5.41. The van der Waals surface area contributed by atoms with Gasteiger partial charge in [-0.2, -0.15) is 10.1 Å². The fourth-order valence-corrected chi connectivity index (χ4v) is 3.51. The summed E-state index contributed by atoms with van der Waals surface area (Å²) in [5, 5.41) is 11.6. The van der Waals surface area contributed by atoms with Crippen LogP contribution in [0.1, 0.15) is 28.6 Å². The lowest BCUT2D eigenvalue weighted by molar-refractivity contribution is 0.0714. The van der Waals surface area contributed by atoms with Gasteiger partial charge in [0.05, 0.1) is 12.5 Å². The third-order valence-corrected chi connectivity index (χ3v) is 5.15. The minimum absolute atomic E-state index is 0.0792. The molecule has 29 heavy (non-hydrogen) atoms. The lowest BCUT2D eigenvalue weighted by atomic mass is 10.1. The number of carbonyl (C=O) groups excluding carboxylic acids is 1. The summed E-state index contributed by atoms with van der Waals surface area (Å²) in [5.74, 6) is 1.52. The topological polar surface area (TPSA) is 87.4 Å². The Hall–Kier alpha value is -3.42. The van der Waals surface area contributed by atoms with E-state index in [1.165, 1.54) is 11.8 Å². The minimum atomic E-state index is -0.0792. The summed E-state index contributed by atoms with van der Waals surface area (Å²) in [6.45, 7) is 6.74. The first kappa shape index (κ1) is 18.9. The number of hydrogen-bond donors (Lipinski definition) is 1. The van der Waals surface area contributed by atoms with Gasteiger partial charge in [0, 0.05) is 31.9 Å². The molecule has 1 aliphatic rings. The van der Waals surface area contributed by atoms with E-state index in [2.05, 4.69) is 57.4 Å². The van der Waals surface area contributed by atoms with Crippen LogP contribution in [-0.2, 0) is 6.42 Å². The average Bonchev–Trinajstić information content (AvgIpc) is 3.30. The number of anilines is 3. The number of piperazine rings is 1. The van der Waals surface area contributed by atoms with Gasteiger partial charge in [0.25, 0.3) is 5.91 Å². The van der Waals surface area contributed by atoms with Gasteiger partial charge in [0.1, 0.15) is 0 Å². The van der Waals surface area contributed by atoms with Crippen LogP contribution >= 0.6 is 0 Å². The summed E-state index contributed by atoms with van der Waals surface area (Å²) < 4.78 is 5.22. The van der Waals surface area contributed by atoms with Crippen molar-refractivity contribution in [3.63, 3.8) is 0 Å². The molecule has 2 aromatic heterocycles. The van der Waals surface area contributed by atoms with Gasteiger partial charge in [0.2, 0.25) is 5.95 Å². The standard InChI is InChI=1S/C21H24N6O2/c1-3-16-7-4-6-15(2)19(16)24-21-23-18(14-22-25-21)26-9-11-27(12-10-26)20(28)17-8-5-13-29-17/h4-8,13-14H,3,9-12H2,1-2H3,(H,23,24,25). The molecule has 1 N–H and O–H groups in total. The van der Waals surface area contributed by atoms with E-state index in [1.807, 2.05) is 0 Å². The van der Waals surface area contributed by atoms with Crippen molar-refractivity contribution in [2.24, 2.45) is 0 Å². The maximum atomic E-state index is 12.4. The van der Waals surface area contributed by atoms with Gasteiger partial charge >= 0.3 is 0 Å². The van der Waals surface area contributed by atoms with E-state index in [0.717, 1.165) is 23.5 Å². The average molecular weight is 392 g/mol. The fraction of sp³-hybridized carbons (Fsp3) is 0.333. The van der Waals surface area contributed by atoms with Crippen LogP contribution in [-0.4, -0.2) is 52.2 Å². The predicted octanol–water partition coefficient (Wildman–Crippen LogP) is 3.04. The highest BCUT2D eigenvalue weighted by molar-refractivity contribution is 5.91. The van der Waals surface area contributed by atoms with Gasteiger partial charge in [-0.25, -0.2) is 0 Å². The zero-order chi connectivity index (χ0) is 20.2. The van der Waals surface area contributed by atoms with E-state index in [9.17, 15) is 4.79 Å². The Bertz CT molecular complexity index is 981. The fourth-order valence-electron chi connectivity index (χ4n) is 3.51. The molecule has 3 heterocycles. The Labute approximate surface area is 169 Å². The summed E-state index contributed by atoms with van der Waals surface area (Å²) in [6.07, 6.45) is 4.10. The van der Waals surface area contributed by atoms with E-state index in [-0.39, 0.29) is 5.91 Å². The van der Waals surface area contributed by atoms with Crippen molar-refractivity contribution in [3.8, 4) is 0 Å². The molecule has 3 aromatic rings. The van der Waals surface area contributed by atoms with Crippen LogP contribution in [0.25, 0.3) is 0 Å². The smallest absolute Gasteiger partial charge is 0.289 e. The number of rotatable bonds is 5. The van der Waals surface area contributed by atoms with Crippen molar-refractivity contribution in [2.45, 2.75) is 20.3 Å². The van der Waals surface area contributed by atoms with Crippen molar-refractivity contribution in [3.05, 3.63) is 59.7 Å². The van der Waals surface area contributed by atoms with Gasteiger partial charge in [-0.15, -0.1) is 5.10 Å². The normalized spacial score (nSPS) is 14.1. The maximum Gasteiger partial charge on any atom is 0.289 e. The third kappa shape index (κ3) is 4.06. The maximum absolute atomic E-state index is 12.4. The van der Waals surface area contributed by atoms with Crippen molar-refractivity contribution < 1.29 is 9.21 Å². The molecule has 8 nitrogen and oxygen atoms in total. The Morgan fingerprint density at radius 2 is 2.00 bits per heavy atom. The van der Waals surface area contributed by atoms with E-state index in [0.29, 0.717) is 37.9 Å². The van der Waals surface area contributed by atoms with Crippen LogP contribution in [0.4, 0.5) is 17.5 Å². The molecule has 8 heteroatoms. The lowest BCUT2D eigenvalue weighted by Gasteiger charge is -2.34. The van der Waals surface area contributed by atoms with Gasteiger partial charge < -0.3 is 19.5 Å². The first-order valence-corrected chi connectivity index (χ1v) is 9.78. The molecule has 0 bridgehead atoms. The summed E-state index contributed by atoms with van der Waals surface area (Å²) in [4.78, 5) is 21.0. The molecular weight excluding hydrogens is 368 g/mol. The quantitative estimate of drug-likeness (QED) is 0.714. The van der Waals surface area contributed by atoms with Crippen molar-refractivity contribution in [1.82, 2.24) is 20.1 Å². The van der Waals surface area contributed by atoms with Crippen molar-refractivity contribution >= 4 is 23.4 Å². The molecule has 1 fully saturated rings. The van der Waals surface area contributed by atoms with E-state index in [1.54, 1.807) is 23.2 Å². The number of amides is 1. The number of carbonyl (C=O) groups is 1. The van der Waals surface area contributed by atoms with Crippen molar-refractivity contribution in [1.29, 1.82) is 0 Å². The second-order valence-corrected chi connectivity index (χ2v) is 6.98. The molecule has 0 unspecified atom stereocenters. The Morgan fingerprint density at radius 3 is 2.72 bits per heavy atom. The molecule has 150 valence electrons. The highest BCUT2D eigenvalue weighted by Gasteiger charge is 2.24. The van der Waals surface area contributed by atoms with Crippen LogP contribution < -0.4 is 10.2 Å². The number of aromatic nitrogens is 3. The van der Waals surface area contributed by atoms with Gasteiger partial charge in [0.15, 0.2) is 11.6 Å². The molecular formula is C21H24N6O2. The second kappa shape index (κ2) is 8.30. The highest BCUT2D eigenvalue weighted by Crippen LogP contribution is 2.24. The van der Waals surface area contributed by atoms with Crippen LogP contribution in [0.15, 0.2) is 47.2 Å². The number of para-hydroxylation sites is 1. The lowest BCUT2D eigenvalue weighted by Crippen LogP contribution is -2.49. The number of hydrogen-bond acceptors (Lipinski definition) is 7. The van der Waals surface area contributed by atoms with Crippen LogP contribution in [0.5, 0.6) is 0 Å². The molecule has 1 aromatic carbocycles. The summed E-state index contributed by atoms with van der Waals surface area (Å²) in [7, 11) is 0. The summed E-state index contributed by atoms with van der Waals surface area (Å²) in [5.41, 5.74) is 3.38. The number of nitrogens with zero attached hydrogens (tertiary/aromatic N) is 5. The third-order valence-electron chi connectivity index (χ3n) is 5.15. The zero-order valence-electron chi connectivity index (χ0n) is 16.6. The monoisotopic (exact) mass is 392 g/mol. The first-order valence-electron chi connectivity index (χ1n) is 9.78. The van der Waals surface area contributed by atoms with Crippen LogP contribution in [0.3, 0.4) is 0 Å². The predicted molar refractivity (Wildman–Crippen MR) is 110 cm³/mol. The number of nitrogens with one attached hydrogen (secondary N) is 1. The Balaban J connectivity index is 1.44. The molecule has 1 amide bonds. The molecule has 0 radical (unpaired) electrons. The van der Waals surface area contributed by atoms with E-state index in [4.69, 9.17) is 4.42 Å². The zero-order valence-corrected chi connectivity index (χ0v) is 16.6. The highest BCUT2D eigenvalue weighted by atomic mass is 16.3. The van der Waals surface area contributed by atoms with Crippen LogP contribution in [0, 0.1) is 6.92 Å². The molecule has 0 saturated carbocycles. The molecule has 1 aliphatic heterocycles. The van der Waals surface area contributed by atoms with Crippen LogP contribution in [0.2, 0.25) is 0 Å². The molecule has 0 spiro atoms. The largest absolute Gasteiger partial charge is 0.459 e. The van der Waals surface area contributed by atoms with Gasteiger partial charge in [-0.05, 0) is 36.6 Å².